The summed E-state index contributed by atoms with van der Waals surface area (Å²) in [5.41, 5.74) is 4.74. The molecule has 0 radical (unpaired) electrons. The van der Waals surface area contributed by atoms with E-state index in [0.29, 0.717) is 12.2 Å². The minimum absolute atomic E-state index is 0.0652. The van der Waals surface area contributed by atoms with E-state index >= 15 is 0 Å². The first-order valence-corrected chi connectivity index (χ1v) is 4.38. The first-order chi connectivity index (χ1) is 7.20. The summed E-state index contributed by atoms with van der Waals surface area (Å²) < 4.78 is 6.50. The fraction of sp³-hybridized carbons (Fsp3) is 0.375. The summed E-state index contributed by atoms with van der Waals surface area (Å²) in [7, 11) is 0. The minimum Gasteiger partial charge on any atom is -0.472 e. The van der Waals surface area contributed by atoms with Crippen molar-refractivity contribution in [3.05, 3.63) is 28.6 Å². The molecule has 0 spiro atoms. The molecule has 7 heteroatoms. The van der Waals surface area contributed by atoms with Crippen LogP contribution in [0, 0.1) is 0 Å². The maximum Gasteiger partial charge on any atom is 0.355 e. The Kier molecular flexibility index (Phi) is 2.38. The lowest BCUT2D eigenvalue weighted by Gasteiger charge is -2.13. The summed E-state index contributed by atoms with van der Waals surface area (Å²) in [4.78, 5) is 18.6. The second-order valence-electron chi connectivity index (χ2n) is 3.04. The summed E-state index contributed by atoms with van der Waals surface area (Å²) >= 11 is 0. The Morgan fingerprint density at radius 1 is 1.73 bits per heavy atom. The number of hydrogen-bond donors (Lipinski definition) is 2. The first-order valence-electron chi connectivity index (χ1n) is 4.38. The third kappa shape index (κ3) is 1.82. The summed E-state index contributed by atoms with van der Waals surface area (Å²) in [6.45, 7) is -0.179. The van der Waals surface area contributed by atoms with E-state index in [-0.39, 0.29) is 12.6 Å². The van der Waals surface area contributed by atoms with Crippen LogP contribution in [0.4, 0.5) is 5.95 Å². The van der Waals surface area contributed by atoms with Crippen molar-refractivity contribution in [1.29, 1.82) is 0 Å². The fourth-order valence-electron chi connectivity index (χ4n) is 1.33. The van der Waals surface area contributed by atoms with Gasteiger partial charge < -0.3 is 15.6 Å². The summed E-state index contributed by atoms with van der Waals surface area (Å²) in [6.07, 6.45) is 3.01. The van der Waals surface area contributed by atoms with Gasteiger partial charge in [0.25, 0.3) is 0 Å². The lowest BCUT2D eigenvalue weighted by molar-refractivity contribution is 0.0584. The van der Waals surface area contributed by atoms with E-state index < -0.39 is 11.9 Å². The van der Waals surface area contributed by atoms with Crippen molar-refractivity contribution in [3.8, 4) is 0 Å². The maximum atomic E-state index is 11.4. The van der Waals surface area contributed by atoms with Gasteiger partial charge in [0.2, 0.25) is 5.95 Å². The highest BCUT2D eigenvalue weighted by atomic mass is 16.5. The van der Waals surface area contributed by atoms with Crippen molar-refractivity contribution in [2.75, 3.05) is 12.3 Å². The number of hydrogen-bond acceptors (Lipinski definition) is 6. The Bertz CT molecular complexity index is 453. The highest BCUT2D eigenvalue weighted by molar-refractivity contribution is 5.10. The normalized spacial score (nSPS) is 19.8. The molecule has 1 atom stereocenters. The number of anilines is 1. The van der Waals surface area contributed by atoms with Crippen LogP contribution < -0.4 is 11.4 Å². The molecule has 0 unspecified atom stereocenters. The molecule has 0 saturated carbocycles. The van der Waals surface area contributed by atoms with Crippen molar-refractivity contribution >= 4 is 5.95 Å². The number of aliphatic hydroxyl groups excluding tert-OH is 1. The molecule has 0 fully saturated rings. The zero-order valence-corrected chi connectivity index (χ0v) is 7.83. The van der Waals surface area contributed by atoms with Crippen LogP contribution in [0.15, 0.2) is 23.0 Å². The summed E-state index contributed by atoms with van der Waals surface area (Å²) in [5.74, 6) is 0.383. The predicted octanol–water partition coefficient (Wildman–Crippen LogP) is -0.984. The van der Waals surface area contributed by atoms with Crippen molar-refractivity contribution in [1.82, 2.24) is 14.5 Å². The van der Waals surface area contributed by atoms with Crippen LogP contribution in [0.5, 0.6) is 0 Å². The van der Waals surface area contributed by atoms with Crippen LogP contribution in [0.25, 0.3) is 0 Å². The molecule has 0 aromatic carbocycles. The van der Waals surface area contributed by atoms with E-state index in [9.17, 15) is 4.79 Å². The molecule has 7 nitrogen and oxygen atoms in total. The topological polar surface area (TPSA) is 103 Å². The Morgan fingerprint density at radius 3 is 3.13 bits per heavy atom. The van der Waals surface area contributed by atoms with Crippen LogP contribution in [-0.4, -0.2) is 26.2 Å². The first kappa shape index (κ1) is 9.66. The molecule has 0 amide bonds. The van der Waals surface area contributed by atoms with E-state index in [1.54, 1.807) is 6.08 Å². The summed E-state index contributed by atoms with van der Waals surface area (Å²) in [5, 5.41) is 8.81. The SMILES string of the molecule is Nc1ncn([C@H]2CC=C(CO)O2)c(=O)n1. The quantitative estimate of drug-likeness (QED) is 0.650. The Labute approximate surface area is 84.8 Å². The van der Waals surface area contributed by atoms with Gasteiger partial charge in [-0.25, -0.2) is 14.3 Å². The van der Waals surface area contributed by atoms with Crippen molar-refractivity contribution in [3.63, 3.8) is 0 Å². The fourth-order valence-corrected chi connectivity index (χ4v) is 1.33. The molecule has 1 aliphatic rings. The van der Waals surface area contributed by atoms with Crippen LogP contribution in [0.3, 0.4) is 0 Å². The molecule has 80 valence electrons. The number of nitrogen functional groups attached to an aromatic ring is 1. The van der Waals surface area contributed by atoms with Gasteiger partial charge in [-0.1, -0.05) is 0 Å². The number of ether oxygens (including phenoxy) is 1. The average molecular weight is 210 g/mol. The molecule has 0 aliphatic carbocycles. The standard InChI is InChI=1S/C8H10N4O3/c9-7-10-4-12(8(14)11-7)6-2-1-5(3-13)15-6/h1,4,6,13H,2-3H2,(H2,9,11,14)/t6-/m1/s1. The number of aliphatic hydroxyl groups is 1. The van der Waals surface area contributed by atoms with Gasteiger partial charge in [-0.05, 0) is 6.08 Å². The van der Waals surface area contributed by atoms with Gasteiger partial charge in [-0.15, -0.1) is 0 Å². The van der Waals surface area contributed by atoms with Gasteiger partial charge >= 0.3 is 5.69 Å². The van der Waals surface area contributed by atoms with Gasteiger partial charge in [0.05, 0.1) is 0 Å². The van der Waals surface area contributed by atoms with E-state index in [1.807, 2.05) is 0 Å². The van der Waals surface area contributed by atoms with Crippen LogP contribution in [0.2, 0.25) is 0 Å². The predicted molar refractivity (Wildman–Crippen MR) is 50.6 cm³/mol. The van der Waals surface area contributed by atoms with Crippen LogP contribution in [-0.2, 0) is 4.74 Å². The molecular weight excluding hydrogens is 200 g/mol. The minimum atomic E-state index is -0.514. The molecule has 1 aromatic rings. The highest BCUT2D eigenvalue weighted by Gasteiger charge is 2.20. The smallest absolute Gasteiger partial charge is 0.355 e. The van der Waals surface area contributed by atoms with Gasteiger partial charge in [0.15, 0.2) is 6.23 Å². The van der Waals surface area contributed by atoms with Crippen LogP contribution >= 0.6 is 0 Å². The van der Waals surface area contributed by atoms with E-state index in [1.165, 1.54) is 10.9 Å². The van der Waals surface area contributed by atoms with Crippen LogP contribution in [0.1, 0.15) is 12.6 Å². The van der Waals surface area contributed by atoms with Gasteiger partial charge in [-0.3, -0.25) is 0 Å². The van der Waals surface area contributed by atoms with Crippen molar-refractivity contribution < 1.29 is 9.84 Å². The number of nitrogens with two attached hydrogens (primary N) is 1. The van der Waals surface area contributed by atoms with Crippen molar-refractivity contribution in [2.45, 2.75) is 12.6 Å². The zero-order chi connectivity index (χ0) is 10.8. The van der Waals surface area contributed by atoms with Gasteiger partial charge in [0, 0.05) is 6.42 Å². The molecule has 15 heavy (non-hydrogen) atoms. The highest BCUT2D eigenvalue weighted by Crippen LogP contribution is 2.23. The number of nitrogens with zero attached hydrogens (tertiary/aromatic N) is 3. The lowest BCUT2D eigenvalue weighted by atomic mass is 10.4. The van der Waals surface area contributed by atoms with E-state index in [2.05, 4.69) is 9.97 Å². The second-order valence-corrected chi connectivity index (χ2v) is 3.04. The molecular formula is C8H10N4O3. The number of aromatic nitrogens is 3. The second kappa shape index (κ2) is 3.70. The molecule has 2 rings (SSSR count). The van der Waals surface area contributed by atoms with E-state index in [4.69, 9.17) is 15.6 Å². The third-order valence-corrected chi connectivity index (χ3v) is 2.05. The third-order valence-electron chi connectivity index (χ3n) is 2.05. The largest absolute Gasteiger partial charge is 0.472 e. The average Bonchev–Trinajstić information content (AvgIpc) is 2.66. The number of rotatable bonds is 2. The molecule has 1 aromatic heterocycles. The molecule has 3 N–H and O–H groups in total. The monoisotopic (exact) mass is 210 g/mol. The summed E-state index contributed by atoms with van der Waals surface area (Å²) in [6, 6.07) is 0. The molecule has 0 bridgehead atoms. The van der Waals surface area contributed by atoms with E-state index in [0.717, 1.165) is 0 Å². The molecule has 0 saturated heterocycles. The Morgan fingerprint density at radius 2 is 2.53 bits per heavy atom. The zero-order valence-electron chi connectivity index (χ0n) is 7.83. The van der Waals surface area contributed by atoms with Gasteiger partial charge in [-0.2, -0.15) is 4.98 Å². The molecule has 1 aliphatic heterocycles. The van der Waals surface area contributed by atoms with Gasteiger partial charge in [0.1, 0.15) is 18.7 Å². The Hall–Kier alpha value is -1.89. The lowest BCUT2D eigenvalue weighted by Crippen LogP contribution is -2.28. The van der Waals surface area contributed by atoms with Crippen molar-refractivity contribution in [2.24, 2.45) is 0 Å². The molecule has 2 heterocycles. The Balaban J connectivity index is 2.22. The maximum absolute atomic E-state index is 11.4.